The minimum Gasteiger partial charge on any atom is -0.496 e. The normalized spacial score (nSPS) is 17.1. The third kappa shape index (κ3) is 3.52. The van der Waals surface area contributed by atoms with E-state index < -0.39 is 5.60 Å². The molecule has 0 unspecified atom stereocenters. The molecule has 2 aliphatic heterocycles. The third-order valence-electron chi connectivity index (χ3n) is 6.53. The molecular weight excluding hydrogens is 404 g/mol. The van der Waals surface area contributed by atoms with Crippen LogP contribution in [0.1, 0.15) is 40.0 Å². The fourth-order valence-electron chi connectivity index (χ4n) is 4.85. The van der Waals surface area contributed by atoms with Gasteiger partial charge in [0.25, 0.3) is 5.91 Å². The number of hydrogen-bond donors (Lipinski definition) is 0. The summed E-state index contributed by atoms with van der Waals surface area (Å²) in [7, 11) is 1.70. The summed E-state index contributed by atoms with van der Waals surface area (Å²) in [4.78, 5) is 28.3. The van der Waals surface area contributed by atoms with Crippen molar-refractivity contribution in [1.82, 2.24) is 19.9 Å². The van der Waals surface area contributed by atoms with Crippen molar-refractivity contribution in [2.24, 2.45) is 0 Å². The van der Waals surface area contributed by atoms with Crippen molar-refractivity contribution in [2.45, 2.75) is 31.8 Å². The minimum absolute atomic E-state index is 0.0360. The van der Waals surface area contributed by atoms with Crippen molar-refractivity contribution in [3.63, 3.8) is 0 Å². The monoisotopic (exact) mass is 430 g/mol. The SMILES string of the molecule is COc1cccc2c1C1(CCN(C(=O)c3cnc(-c4cccnc4)nc3C)CC1)OCC2. The fourth-order valence-corrected chi connectivity index (χ4v) is 4.85. The van der Waals surface area contributed by atoms with Crippen molar-refractivity contribution < 1.29 is 14.3 Å². The molecule has 7 nitrogen and oxygen atoms in total. The van der Waals surface area contributed by atoms with E-state index in [9.17, 15) is 4.79 Å². The van der Waals surface area contributed by atoms with E-state index >= 15 is 0 Å². The highest BCUT2D eigenvalue weighted by Gasteiger charge is 2.43. The number of pyridine rings is 1. The molecule has 0 bridgehead atoms. The van der Waals surface area contributed by atoms with E-state index in [1.807, 2.05) is 36.1 Å². The van der Waals surface area contributed by atoms with Gasteiger partial charge in [-0.3, -0.25) is 9.78 Å². The summed E-state index contributed by atoms with van der Waals surface area (Å²) >= 11 is 0. The Bertz CT molecular complexity index is 1130. The number of piperidine rings is 1. The summed E-state index contributed by atoms with van der Waals surface area (Å²) in [6.45, 7) is 3.77. The van der Waals surface area contributed by atoms with Crippen molar-refractivity contribution in [3.8, 4) is 17.1 Å². The standard InChI is InChI=1S/C25H26N4O3/c1-17-20(16-27-23(28-17)19-6-4-11-26-15-19)24(30)29-12-9-25(10-13-29)22-18(8-14-32-25)5-3-7-21(22)31-2/h3-7,11,15-16H,8-10,12-14H2,1-2H3. The van der Waals surface area contributed by atoms with E-state index in [-0.39, 0.29) is 5.91 Å². The number of likely N-dealkylation sites (tertiary alicyclic amines) is 1. The maximum absolute atomic E-state index is 13.3. The Labute approximate surface area is 187 Å². The van der Waals surface area contributed by atoms with Crippen LogP contribution in [-0.4, -0.2) is 52.6 Å². The summed E-state index contributed by atoms with van der Waals surface area (Å²) in [5.74, 6) is 1.41. The van der Waals surface area contributed by atoms with E-state index in [1.54, 1.807) is 25.7 Å². The van der Waals surface area contributed by atoms with Crippen molar-refractivity contribution >= 4 is 5.91 Å². The minimum atomic E-state index is -0.396. The lowest BCUT2D eigenvalue weighted by molar-refractivity contribution is -0.0946. The Morgan fingerprint density at radius 2 is 2.00 bits per heavy atom. The lowest BCUT2D eigenvalue weighted by Crippen LogP contribution is -2.48. The van der Waals surface area contributed by atoms with E-state index in [2.05, 4.69) is 21.0 Å². The predicted molar refractivity (Wildman–Crippen MR) is 119 cm³/mol. The molecule has 0 aliphatic carbocycles. The number of carbonyl (C=O) groups is 1. The first-order valence-corrected chi connectivity index (χ1v) is 10.9. The summed E-state index contributed by atoms with van der Waals surface area (Å²) in [5.41, 5.74) is 4.08. The molecule has 164 valence electrons. The number of amides is 1. The van der Waals surface area contributed by atoms with E-state index in [4.69, 9.17) is 9.47 Å². The number of nitrogens with zero attached hydrogens (tertiary/aromatic N) is 4. The fraction of sp³-hybridized carbons (Fsp3) is 0.360. The molecule has 1 saturated heterocycles. The molecule has 4 heterocycles. The first kappa shape index (κ1) is 20.6. The van der Waals surface area contributed by atoms with Crippen molar-refractivity contribution in [2.75, 3.05) is 26.8 Å². The van der Waals surface area contributed by atoms with E-state index in [1.165, 1.54) is 5.56 Å². The van der Waals surface area contributed by atoms with Gasteiger partial charge >= 0.3 is 0 Å². The van der Waals surface area contributed by atoms with Gasteiger partial charge in [-0.2, -0.15) is 0 Å². The van der Waals surface area contributed by atoms with Crippen LogP contribution in [0, 0.1) is 6.92 Å². The molecule has 1 aromatic carbocycles. The number of rotatable bonds is 3. The van der Waals surface area contributed by atoms with Crippen LogP contribution >= 0.6 is 0 Å². The first-order chi connectivity index (χ1) is 15.6. The highest BCUT2D eigenvalue weighted by atomic mass is 16.5. The molecular formula is C25H26N4O3. The Kier molecular flexibility index (Phi) is 5.35. The van der Waals surface area contributed by atoms with Gasteiger partial charge in [0, 0.05) is 42.8 Å². The third-order valence-corrected chi connectivity index (χ3v) is 6.53. The summed E-state index contributed by atoms with van der Waals surface area (Å²) < 4.78 is 12.0. The van der Waals surface area contributed by atoms with Gasteiger partial charge in [-0.25, -0.2) is 9.97 Å². The highest BCUT2D eigenvalue weighted by molar-refractivity contribution is 5.95. The molecule has 0 atom stereocenters. The largest absolute Gasteiger partial charge is 0.496 e. The maximum atomic E-state index is 13.3. The average Bonchev–Trinajstić information content (AvgIpc) is 2.84. The molecule has 1 amide bonds. The van der Waals surface area contributed by atoms with Crippen LogP contribution in [0.4, 0.5) is 0 Å². The summed E-state index contributed by atoms with van der Waals surface area (Å²) in [5, 5.41) is 0. The number of hydrogen-bond acceptors (Lipinski definition) is 6. The van der Waals surface area contributed by atoms with Gasteiger partial charge in [-0.15, -0.1) is 0 Å². The zero-order valence-electron chi connectivity index (χ0n) is 18.4. The zero-order chi connectivity index (χ0) is 22.1. The summed E-state index contributed by atoms with van der Waals surface area (Å²) in [6.07, 6.45) is 7.42. The lowest BCUT2D eigenvalue weighted by Gasteiger charge is -2.45. The number of methoxy groups -OCH3 is 1. The Morgan fingerprint density at radius 1 is 1.16 bits per heavy atom. The summed E-state index contributed by atoms with van der Waals surface area (Å²) in [6, 6.07) is 9.94. The van der Waals surface area contributed by atoms with Gasteiger partial charge in [-0.05, 0) is 49.9 Å². The zero-order valence-corrected chi connectivity index (χ0v) is 18.4. The Hall–Kier alpha value is -3.32. The van der Waals surface area contributed by atoms with Crippen LogP contribution < -0.4 is 4.74 Å². The highest BCUT2D eigenvalue weighted by Crippen LogP contribution is 2.45. The van der Waals surface area contributed by atoms with Gasteiger partial charge in [-0.1, -0.05) is 12.1 Å². The van der Waals surface area contributed by atoms with Crippen LogP contribution in [-0.2, 0) is 16.8 Å². The molecule has 7 heteroatoms. The second-order valence-corrected chi connectivity index (χ2v) is 8.31. The molecule has 5 rings (SSSR count). The molecule has 1 fully saturated rings. The number of aryl methyl sites for hydroxylation is 1. The quantitative estimate of drug-likeness (QED) is 0.632. The van der Waals surface area contributed by atoms with Gasteiger partial charge in [0.1, 0.15) is 11.4 Å². The molecule has 2 aromatic heterocycles. The van der Waals surface area contributed by atoms with Crippen LogP contribution in [0.2, 0.25) is 0 Å². The second kappa shape index (κ2) is 8.31. The lowest BCUT2D eigenvalue weighted by atomic mass is 9.78. The topological polar surface area (TPSA) is 77.4 Å². The van der Waals surface area contributed by atoms with Gasteiger partial charge in [0.2, 0.25) is 0 Å². The predicted octanol–water partition coefficient (Wildman–Crippen LogP) is 3.56. The molecule has 1 spiro atoms. The van der Waals surface area contributed by atoms with E-state index in [0.29, 0.717) is 36.8 Å². The maximum Gasteiger partial charge on any atom is 0.257 e. The molecule has 0 N–H and O–H groups in total. The van der Waals surface area contributed by atoms with Crippen LogP contribution in [0.15, 0.2) is 48.9 Å². The Balaban J connectivity index is 1.35. The average molecular weight is 431 g/mol. The molecule has 32 heavy (non-hydrogen) atoms. The molecule has 0 saturated carbocycles. The smallest absolute Gasteiger partial charge is 0.257 e. The second-order valence-electron chi connectivity index (χ2n) is 8.31. The van der Waals surface area contributed by atoms with Crippen LogP contribution in [0.5, 0.6) is 5.75 Å². The van der Waals surface area contributed by atoms with Crippen LogP contribution in [0.3, 0.4) is 0 Å². The molecule has 2 aliphatic rings. The molecule has 0 radical (unpaired) electrons. The van der Waals surface area contributed by atoms with Crippen molar-refractivity contribution in [1.29, 1.82) is 0 Å². The van der Waals surface area contributed by atoms with Gasteiger partial charge in [0.05, 0.1) is 25.0 Å². The molecule has 3 aromatic rings. The number of carbonyl (C=O) groups excluding carboxylic acids is 1. The number of benzene rings is 1. The number of ether oxygens (including phenoxy) is 2. The van der Waals surface area contributed by atoms with Crippen LogP contribution in [0.25, 0.3) is 11.4 Å². The van der Waals surface area contributed by atoms with Gasteiger partial charge in [0.15, 0.2) is 5.82 Å². The number of aromatic nitrogens is 3. The van der Waals surface area contributed by atoms with Gasteiger partial charge < -0.3 is 14.4 Å². The number of fused-ring (bicyclic) bond motifs is 2. The van der Waals surface area contributed by atoms with Crippen molar-refractivity contribution in [3.05, 3.63) is 71.3 Å². The van der Waals surface area contributed by atoms with E-state index in [0.717, 1.165) is 36.1 Å². The first-order valence-electron chi connectivity index (χ1n) is 10.9. The Morgan fingerprint density at radius 3 is 2.72 bits per heavy atom.